The van der Waals surface area contributed by atoms with Gasteiger partial charge in [0.15, 0.2) is 5.84 Å². The third kappa shape index (κ3) is 4.95. The molecule has 1 saturated heterocycles. The minimum Gasteiger partial charge on any atom is -0.491 e. The molecule has 0 spiro atoms. The molecule has 182 valence electrons. The monoisotopic (exact) mass is 473 g/mol. The number of nitrogens with zero attached hydrogens (tertiary/aromatic N) is 4. The van der Waals surface area contributed by atoms with Crippen LogP contribution in [0.15, 0.2) is 46.3 Å². The summed E-state index contributed by atoms with van der Waals surface area (Å²) in [6, 6.07) is 11.4. The first-order valence-corrected chi connectivity index (χ1v) is 12.2. The highest BCUT2D eigenvalue weighted by molar-refractivity contribution is 6.04. The van der Waals surface area contributed by atoms with Crippen molar-refractivity contribution in [2.45, 2.75) is 45.3 Å². The summed E-state index contributed by atoms with van der Waals surface area (Å²) >= 11 is 0. The van der Waals surface area contributed by atoms with Crippen LogP contribution in [0.2, 0.25) is 0 Å². The Balaban J connectivity index is 1.37. The Morgan fingerprint density at radius 3 is 2.63 bits per heavy atom. The van der Waals surface area contributed by atoms with E-state index in [9.17, 15) is 4.79 Å². The van der Waals surface area contributed by atoms with Crippen LogP contribution in [0.5, 0.6) is 5.75 Å². The van der Waals surface area contributed by atoms with Gasteiger partial charge in [-0.15, -0.1) is 5.11 Å². The summed E-state index contributed by atoms with van der Waals surface area (Å²) in [4.78, 5) is 24.5. The molecule has 1 aliphatic heterocycles. The number of hydrogen-bond donors (Lipinski definition) is 3. The first kappa shape index (κ1) is 23.2. The maximum absolute atomic E-state index is 12.4. The molecular formula is C26H31N7O2. The van der Waals surface area contributed by atoms with E-state index in [0.29, 0.717) is 29.2 Å². The Morgan fingerprint density at radius 2 is 1.94 bits per heavy atom. The quantitative estimate of drug-likeness (QED) is 0.269. The lowest BCUT2D eigenvalue weighted by Gasteiger charge is -2.37. The molecule has 0 radical (unpaired) electrons. The number of piperazine rings is 1. The summed E-state index contributed by atoms with van der Waals surface area (Å²) in [6.45, 7) is 7.68. The topological polar surface area (TPSA) is 122 Å². The predicted molar refractivity (Wildman–Crippen MR) is 136 cm³/mol. The molecule has 2 fully saturated rings. The van der Waals surface area contributed by atoms with E-state index in [-0.39, 0.29) is 17.5 Å². The second-order valence-electron chi connectivity index (χ2n) is 9.60. The van der Waals surface area contributed by atoms with Crippen LogP contribution in [0, 0.1) is 10.9 Å². The minimum absolute atomic E-state index is 0.00151. The van der Waals surface area contributed by atoms with Gasteiger partial charge in [-0.3, -0.25) is 15.1 Å². The lowest BCUT2D eigenvalue weighted by molar-refractivity contribution is 0.240. The zero-order chi connectivity index (χ0) is 24.5. The van der Waals surface area contributed by atoms with Crippen molar-refractivity contribution in [3.05, 3.63) is 63.7 Å². The normalized spacial score (nSPS) is 16.6. The second kappa shape index (κ2) is 9.58. The molecule has 35 heavy (non-hydrogen) atoms. The Bertz CT molecular complexity index is 1320. The molecule has 1 aromatic heterocycles. The highest BCUT2D eigenvalue weighted by Crippen LogP contribution is 2.46. The number of rotatable bonds is 7. The van der Waals surface area contributed by atoms with Gasteiger partial charge in [-0.25, -0.2) is 10.5 Å². The Kier molecular flexibility index (Phi) is 6.34. The molecule has 1 saturated carbocycles. The van der Waals surface area contributed by atoms with Crippen LogP contribution in [0.1, 0.15) is 49.6 Å². The van der Waals surface area contributed by atoms with E-state index >= 15 is 0 Å². The summed E-state index contributed by atoms with van der Waals surface area (Å²) in [5, 5.41) is 12.5. The van der Waals surface area contributed by atoms with Crippen molar-refractivity contribution in [3.63, 3.8) is 0 Å². The first-order chi connectivity index (χ1) is 16.9. The molecule has 5 rings (SSSR count). The maximum atomic E-state index is 12.4. The molecule has 3 aromatic rings. The standard InChI is InChI=1S/C26H31N7O2/c1-16(2)35-18-13-20(17-7-8-17)24(25(27)31-28)22(14-18)33-11-9-32(10-12-33)15-23-29-21-6-4-3-5-19(21)26(34)30-23/h3-6,13-14,16-17,27-28H,7-12,15H2,1-2H3,(H,29,30,34). The molecule has 2 aromatic carbocycles. The number of amidine groups is 1. The van der Waals surface area contributed by atoms with Crippen LogP contribution in [0.3, 0.4) is 0 Å². The van der Waals surface area contributed by atoms with Crippen molar-refractivity contribution in [1.29, 1.82) is 10.9 Å². The van der Waals surface area contributed by atoms with Crippen molar-refractivity contribution in [2.24, 2.45) is 5.11 Å². The average Bonchev–Trinajstić information content (AvgIpc) is 3.69. The van der Waals surface area contributed by atoms with Crippen LogP contribution in [-0.4, -0.2) is 53.0 Å². The van der Waals surface area contributed by atoms with E-state index in [0.717, 1.165) is 61.6 Å². The highest BCUT2D eigenvalue weighted by atomic mass is 16.5. The van der Waals surface area contributed by atoms with E-state index < -0.39 is 0 Å². The highest BCUT2D eigenvalue weighted by Gasteiger charge is 2.32. The van der Waals surface area contributed by atoms with Crippen LogP contribution in [-0.2, 0) is 6.54 Å². The van der Waals surface area contributed by atoms with Crippen molar-refractivity contribution < 1.29 is 4.74 Å². The fraction of sp³-hybridized carbons (Fsp3) is 0.423. The third-order valence-electron chi connectivity index (χ3n) is 6.61. The van der Waals surface area contributed by atoms with E-state index in [2.05, 4.69) is 24.9 Å². The number of aromatic nitrogens is 2. The maximum Gasteiger partial charge on any atom is 0.258 e. The summed E-state index contributed by atoms with van der Waals surface area (Å²) in [5.74, 6) is 1.87. The summed E-state index contributed by atoms with van der Waals surface area (Å²) in [6.07, 6.45) is 2.23. The summed E-state index contributed by atoms with van der Waals surface area (Å²) in [7, 11) is 0. The van der Waals surface area contributed by atoms with Gasteiger partial charge in [0.1, 0.15) is 11.6 Å². The van der Waals surface area contributed by atoms with Gasteiger partial charge in [0.25, 0.3) is 5.56 Å². The van der Waals surface area contributed by atoms with Crippen molar-refractivity contribution in [2.75, 3.05) is 31.1 Å². The van der Waals surface area contributed by atoms with Gasteiger partial charge >= 0.3 is 0 Å². The largest absolute Gasteiger partial charge is 0.491 e. The molecule has 0 atom stereocenters. The smallest absolute Gasteiger partial charge is 0.258 e. The van der Waals surface area contributed by atoms with Gasteiger partial charge in [-0.05, 0) is 56.4 Å². The van der Waals surface area contributed by atoms with Crippen LogP contribution >= 0.6 is 0 Å². The van der Waals surface area contributed by atoms with E-state index in [1.807, 2.05) is 44.2 Å². The van der Waals surface area contributed by atoms with Crippen LogP contribution in [0.25, 0.3) is 10.9 Å². The zero-order valence-corrected chi connectivity index (χ0v) is 20.2. The minimum atomic E-state index is -0.110. The lowest BCUT2D eigenvalue weighted by atomic mass is 9.98. The molecular weight excluding hydrogens is 442 g/mol. The summed E-state index contributed by atoms with van der Waals surface area (Å²) < 4.78 is 6.05. The molecule has 0 amide bonds. The molecule has 1 aliphatic carbocycles. The fourth-order valence-corrected chi connectivity index (χ4v) is 4.81. The number of benzene rings is 2. The number of anilines is 1. The SMILES string of the molecule is CC(C)Oc1cc(C2CC2)c(C(=N)N=N)c(N2CCN(Cc3nc4ccccc4c(=O)[nH]3)CC2)c1. The third-order valence-corrected chi connectivity index (χ3v) is 6.61. The number of para-hydroxylation sites is 1. The molecule has 2 heterocycles. The molecule has 9 heteroatoms. The first-order valence-electron chi connectivity index (χ1n) is 12.2. The van der Waals surface area contributed by atoms with Gasteiger partial charge in [0, 0.05) is 37.8 Å². The van der Waals surface area contributed by atoms with Gasteiger partial charge in [-0.2, -0.15) is 0 Å². The average molecular weight is 474 g/mol. The van der Waals surface area contributed by atoms with E-state index in [1.54, 1.807) is 6.07 Å². The number of H-pyrrole nitrogens is 1. The molecule has 2 aliphatic rings. The molecule has 0 bridgehead atoms. The molecule has 3 N–H and O–H groups in total. The van der Waals surface area contributed by atoms with Gasteiger partial charge < -0.3 is 14.6 Å². The number of fused-ring (bicyclic) bond motifs is 1. The lowest BCUT2D eigenvalue weighted by Crippen LogP contribution is -2.46. The van der Waals surface area contributed by atoms with Crippen LogP contribution in [0.4, 0.5) is 5.69 Å². The number of ether oxygens (including phenoxy) is 1. The van der Waals surface area contributed by atoms with Crippen molar-refractivity contribution in [3.8, 4) is 5.75 Å². The summed E-state index contributed by atoms with van der Waals surface area (Å²) in [5.41, 5.74) is 10.9. The molecule has 0 unspecified atom stereocenters. The predicted octanol–water partition coefficient (Wildman–Crippen LogP) is 4.27. The number of nitrogens with one attached hydrogen (secondary N) is 3. The van der Waals surface area contributed by atoms with E-state index in [1.165, 1.54) is 0 Å². The Hall–Kier alpha value is -3.59. The number of aromatic amines is 1. The van der Waals surface area contributed by atoms with Crippen molar-refractivity contribution in [1.82, 2.24) is 14.9 Å². The van der Waals surface area contributed by atoms with E-state index in [4.69, 9.17) is 15.7 Å². The van der Waals surface area contributed by atoms with Gasteiger partial charge in [-0.1, -0.05) is 12.1 Å². The Morgan fingerprint density at radius 1 is 1.20 bits per heavy atom. The van der Waals surface area contributed by atoms with Crippen LogP contribution < -0.4 is 15.2 Å². The Labute approximate surface area is 204 Å². The van der Waals surface area contributed by atoms with Gasteiger partial charge in [0.2, 0.25) is 0 Å². The van der Waals surface area contributed by atoms with Crippen molar-refractivity contribution >= 4 is 22.4 Å². The second-order valence-corrected chi connectivity index (χ2v) is 9.60. The fourth-order valence-electron chi connectivity index (χ4n) is 4.81. The van der Waals surface area contributed by atoms with Gasteiger partial charge in [0.05, 0.1) is 29.2 Å². The number of hydrogen-bond acceptors (Lipinski definition) is 7. The zero-order valence-electron chi connectivity index (χ0n) is 20.2. The molecule has 9 nitrogen and oxygen atoms in total.